The van der Waals surface area contributed by atoms with Crippen molar-refractivity contribution in [3.8, 4) is 0 Å². The molecule has 0 N–H and O–H groups in total. The van der Waals surface area contributed by atoms with E-state index in [2.05, 4.69) is 0 Å². The molecule has 0 spiro atoms. The highest BCUT2D eigenvalue weighted by Gasteiger charge is 2.32. The topological polar surface area (TPSA) is 15.6 Å². The van der Waals surface area contributed by atoms with Gasteiger partial charge in [0.2, 0.25) is 0 Å². The van der Waals surface area contributed by atoms with E-state index in [1.165, 1.54) is 0 Å². The lowest BCUT2D eigenvalue weighted by molar-refractivity contribution is 0.709. The zero-order valence-corrected chi connectivity index (χ0v) is 16.0. The van der Waals surface area contributed by atoms with Crippen LogP contribution in [0.1, 0.15) is 23.6 Å². The summed E-state index contributed by atoms with van der Waals surface area (Å²) in [7, 11) is 0. The van der Waals surface area contributed by atoms with Crippen molar-refractivity contribution in [1.29, 1.82) is 0 Å². The molecule has 0 bridgehead atoms. The van der Waals surface area contributed by atoms with Crippen LogP contribution in [0.25, 0.3) is 0 Å². The van der Waals surface area contributed by atoms with Crippen LogP contribution < -0.4 is 5.01 Å². The van der Waals surface area contributed by atoms with E-state index < -0.39 is 0 Å². The Balaban J connectivity index is 1.80. The second-order valence-corrected chi connectivity index (χ2v) is 7.34. The minimum Gasteiger partial charge on any atom is -0.256 e. The Morgan fingerprint density at radius 1 is 0.769 bits per heavy atom. The van der Waals surface area contributed by atoms with Crippen LogP contribution >= 0.6 is 34.8 Å². The van der Waals surface area contributed by atoms with Crippen molar-refractivity contribution in [3.05, 3.63) is 99.0 Å². The number of anilines is 1. The molecular formula is C21H15Cl3N2. The number of hydrazone groups is 1. The highest BCUT2D eigenvalue weighted by Crippen LogP contribution is 2.41. The molecule has 130 valence electrons. The highest BCUT2D eigenvalue weighted by molar-refractivity contribution is 6.33. The van der Waals surface area contributed by atoms with Gasteiger partial charge in [-0.15, -0.1) is 0 Å². The molecular weight excluding hydrogens is 387 g/mol. The van der Waals surface area contributed by atoms with Gasteiger partial charge in [0.05, 0.1) is 22.5 Å². The van der Waals surface area contributed by atoms with Gasteiger partial charge in [0, 0.05) is 16.5 Å². The van der Waals surface area contributed by atoms with Gasteiger partial charge in [0.15, 0.2) is 0 Å². The van der Waals surface area contributed by atoms with Crippen LogP contribution in [0.15, 0.2) is 77.9 Å². The summed E-state index contributed by atoms with van der Waals surface area (Å²) in [6.45, 7) is 0. The largest absolute Gasteiger partial charge is 0.256 e. The Labute approximate surface area is 167 Å². The third-order valence-electron chi connectivity index (χ3n) is 4.45. The Morgan fingerprint density at radius 3 is 2.12 bits per heavy atom. The fourth-order valence-corrected chi connectivity index (χ4v) is 3.78. The number of para-hydroxylation sites is 1. The lowest BCUT2D eigenvalue weighted by atomic mass is 9.98. The number of nitrogens with zero attached hydrogens (tertiary/aromatic N) is 2. The standard InChI is InChI=1S/C21H15Cl3N2/c22-15-11-9-14(10-12-15)19-13-21(16-5-1-2-6-17(16)23)26(25-19)20-8-4-3-7-18(20)24/h1-12,21H,13H2. The van der Waals surface area contributed by atoms with E-state index in [0.717, 1.165) is 34.0 Å². The molecule has 4 rings (SSSR count). The van der Waals surface area contributed by atoms with Crippen molar-refractivity contribution in [2.75, 3.05) is 5.01 Å². The second-order valence-electron chi connectivity index (χ2n) is 6.09. The van der Waals surface area contributed by atoms with E-state index in [0.29, 0.717) is 10.0 Å². The van der Waals surface area contributed by atoms with Crippen molar-refractivity contribution < 1.29 is 0 Å². The number of halogens is 3. The van der Waals surface area contributed by atoms with E-state index in [9.17, 15) is 0 Å². The van der Waals surface area contributed by atoms with Gasteiger partial charge in [-0.05, 0) is 41.5 Å². The summed E-state index contributed by atoms with van der Waals surface area (Å²) in [6.07, 6.45) is 0.733. The average Bonchev–Trinajstić information content (AvgIpc) is 3.08. The van der Waals surface area contributed by atoms with Crippen LogP contribution in [0.5, 0.6) is 0 Å². The molecule has 0 saturated heterocycles. The van der Waals surface area contributed by atoms with Gasteiger partial charge >= 0.3 is 0 Å². The van der Waals surface area contributed by atoms with Gasteiger partial charge in [-0.25, -0.2) is 0 Å². The van der Waals surface area contributed by atoms with Gasteiger partial charge in [0.1, 0.15) is 0 Å². The van der Waals surface area contributed by atoms with Gasteiger partial charge in [-0.3, -0.25) is 5.01 Å². The molecule has 5 heteroatoms. The zero-order valence-electron chi connectivity index (χ0n) is 13.7. The van der Waals surface area contributed by atoms with Gasteiger partial charge < -0.3 is 0 Å². The van der Waals surface area contributed by atoms with Crippen LogP contribution in [0, 0.1) is 0 Å². The average molecular weight is 402 g/mol. The molecule has 1 aliphatic heterocycles. The molecule has 0 aliphatic carbocycles. The summed E-state index contributed by atoms with van der Waals surface area (Å²) >= 11 is 19.0. The molecule has 3 aromatic carbocycles. The maximum atomic E-state index is 6.48. The van der Waals surface area contributed by atoms with Gasteiger partial charge in [-0.2, -0.15) is 5.10 Å². The van der Waals surface area contributed by atoms with Crippen molar-refractivity contribution in [2.24, 2.45) is 5.10 Å². The number of hydrogen-bond donors (Lipinski definition) is 0. The molecule has 0 radical (unpaired) electrons. The molecule has 0 fully saturated rings. The normalized spacial score (nSPS) is 16.7. The summed E-state index contributed by atoms with van der Waals surface area (Å²) in [6, 6.07) is 23.3. The van der Waals surface area contributed by atoms with Crippen LogP contribution in [0.3, 0.4) is 0 Å². The summed E-state index contributed by atoms with van der Waals surface area (Å²) < 4.78 is 0. The first-order valence-corrected chi connectivity index (χ1v) is 9.38. The van der Waals surface area contributed by atoms with E-state index >= 15 is 0 Å². The van der Waals surface area contributed by atoms with Crippen molar-refractivity contribution in [2.45, 2.75) is 12.5 Å². The van der Waals surface area contributed by atoms with Crippen molar-refractivity contribution in [1.82, 2.24) is 0 Å². The molecule has 1 heterocycles. The molecule has 0 amide bonds. The first kappa shape index (κ1) is 17.4. The molecule has 1 atom stereocenters. The molecule has 0 saturated carbocycles. The van der Waals surface area contributed by atoms with Crippen molar-refractivity contribution >= 4 is 46.2 Å². The molecule has 1 aliphatic rings. The van der Waals surface area contributed by atoms with Crippen LogP contribution in [0.2, 0.25) is 15.1 Å². The smallest absolute Gasteiger partial charge is 0.0846 e. The predicted octanol–water partition coefficient (Wildman–Crippen LogP) is 7.00. The van der Waals surface area contributed by atoms with E-state index in [1.807, 2.05) is 77.8 Å². The molecule has 2 nitrogen and oxygen atoms in total. The quantitative estimate of drug-likeness (QED) is 0.461. The van der Waals surface area contributed by atoms with Gasteiger partial charge in [-0.1, -0.05) is 77.3 Å². The molecule has 26 heavy (non-hydrogen) atoms. The SMILES string of the molecule is Clc1ccc(C2=NN(c3ccccc3Cl)C(c3ccccc3Cl)C2)cc1. The maximum Gasteiger partial charge on any atom is 0.0846 e. The van der Waals surface area contributed by atoms with E-state index in [4.69, 9.17) is 39.9 Å². The summed E-state index contributed by atoms with van der Waals surface area (Å²) in [5.41, 5.74) is 3.91. The summed E-state index contributed by atoms with van der Waals surface area (Å²) in [5.74, 6) is 0. The highest BCUT2D eigenvalue weighted by atomic mass is 35.5. The third kappa shape index (κ3) is 3.33. The first-order valence-electron chi connectivity index (χ1n) is 8.25. The van der Waals surface area contributed by atoms with Crippen LogP contribution in [-0.4, -0.2) is 5.71 Å². The number of hydrogen-bond acceptors (Lipinski definition) is 2. The fraction of sp³-hybridized carbons (Fsp3) is 0.0952. The first-order chi connectivity index (χ1) is 12.6. The lowest BCUT2D eigenvalue weighted by Crippen LogP contribution is -2.19. The summed E-state index contributed by atoms with van der Waals surface area (Å²) in [5, 5.41) is 8.94. The minimum atomic E-state index is -0.0192. The lowest BCUT2D eigenvalue weighted by Gasteiger charge is -2.25. The van der Waals surface area contributed by atoms with Gasteiger partial charge in [0.25, 0.3) is 0 Å². The predicted molar refractivity (Wildman–Crippen MR) is 111 cm³/mol. The Morgan fingerprint density at radius 2 is 1.42 bits per heavy atom. The zero-order chi connectivity index (χ0) is 18.1. The Kier molecular flexibility index (Phi) is 4.90. The molecule has 0 aromatic heterocycles. The fourth-order valence-electron chi connectivity index (χ4n) is 3.17. The van der Waals surface area contributed by atoms with Crippen molar-refractivity contribution in [3.63, 3.8) is 0 Å². The van der Waals surface area contributed by atoms with E-state index in [-0.39, 0.29) is 6.04 Å². The molecule has 3 aromatic rings. The Hall–Kier alpha value is -2.00. The Bertz CT molecular complexity index is 967. The number of benzene rings is 3. The maximum absolute atomic E-state index is 6.48. The monoisotopic (exact) mass is 400 g/mol. The molecule has 1 unspecified atom stereocenters. The van der Waals surface area contributed by atoms with Crippen LogP contribution in [0.4, 0.5) is 5.69 Å². The second kappa shape index (κ2) is 7.32. The third-order valence-corrected chi connectivity index (χ3v) is 5.37. The summed E-state index contributed by atoms with van der Waals surface area (Å²) in [4.78, 5) is 0. The number of rotatable bonds is 3. The van der Waals surface area contributed by atoms with Crippen LogP contribution in [-0.2, 0) is 0 Å². The minimum absolute atomic E-state index is 0.0192. The van der Waals surface area contributed by atoms with E-state index in [1.54, 1.807) is 0 Å².